The number of carbonyl (C=O) groups excluding carboxylic acids is 3. The summed E-state index contributed by atoms with van der Waals surface area (Å²) in [6, 6.07) is 0. The Morgan fingerprint density at radius 2 is 1.95 bits per heavy atom. The number of imide groups is 1. The maximum Gasteiger partial charge on any atom is 0.306 e. The van der Waals surface area contributed by atoms with Gasteiger partial charge < -0.3 is 15.2 Å². The number of likely N-dealkylation sites (tertiary alicyclic amines) is 1. The molecule has 1 fully saturated rings. The van der Waals surface area contributed by atoms with Crippen molar-refractivity contribution in [2.24, 2.45) is 0 Å². The van der Waals surface area contributed by atoms with E-state index < -0.39 is 12.1 Å². The van der Waals surface area contributed by atoms with Crippen LogP contribution in [0.1, 0.15) is 25.7 Å². The fourth-order valence-corrected chi connectivity index (χ4v) is 1.84. The van der Waals surface area contributed by atoms with Gasteiger partial charge in [0.15, 0.2) is 0 Å². The maximum absolute atomic E-state index is 11.6. The molecule has 0 bridgehead atoms. The molecule has 1 unspecified atom stereocenters. The number of ether oxygens (including phenoxy) is 1. The van der Waals surface area contributed by atoms with E-state index in [4.69, 9.17) is 9.84 Å². The number of amides is 3. The van der Waals surface area contributed by atoms with Crippen molar-refractivity contribution in [3.05, 3.63) is 0 Å². The van der Waals surface area contributed by atoms with E-state index in [9.17, 15) is 19.2 Å². The van der Waals surface area contributed by atoms with Gasteiger partial charge in [0.25, 0.3) is 0 Å². The van der Waals surface area contributed by atoms with Crippen molar-refractivity contribution in [1.29, 1.82) is 0 Å². The highest BCUT2D eigenvalue weighted by atomic mass is 16.5. The Balaban J connectivity index is 2.28. The van der Waals surface area contributed by atoms with Crippen LogP contribution in [0.3, 0.4) is 0 Å². The monoisotopic (exact) mass is 286 g/mol. The molecule has 1 aliphatic rings. The van der Waals surface area contributed by atoms with Gasteiger partial charge in [-0.3, -0.25) is 24.1 Å². The summed E-state index contributed by atoms with van der Waals surface area (Å²) in [6.07, 6.45) is -0.414. The van der Waals surface area contributed by atoms with Gasteiger partial charge in [0.05, 0.1) is 12.5 Å². The molecule has 0 aromatic carbocycles. The molecule has 1 heterocycles. The van der Waals surface area contributed by atoms with E-state index in [-0.39, 0.29) is 56.5 Å². The Bertz CT molecular complexity index is 393. The first-order valence-electron chi connectivity index (χ1n) is 6.28. The predicted octanol–water partition coefficient (Wildman–Crippen LogP) is -0.869. The first kappa shape index (κ1) is 16.1. The number of carboxylic acid groups (broad SMARTS) is 1. The molecule has 8 nitrogen and oxygen atoms in total. The first-order valence-corrected chi connectivity index (χ1v) is 6.28. The standard InChI is InChI=1S/C12H18N2O6/c1-20-8(6-12(18)19)7-13-9(15)4-5-14-10(16)2-3-11(14)17/h8H,2-7H2,1H3,(H,13,15)(H,18,19). The number of methoxy groups -OCH3 is 1. The predicted molar refractivity (Wildman–Crippen MR) is 66.6 cm³/mol. The van der Waals surface area contributed by atoms with Gasteiger partial charge in [-0.05, 0) is 0 Å². The molecule has 1 atom stereocenters. The van der Waals surface area contributed by atoms with E-state index in [1.54, 1.807) is 0 Å². The van der Waals surface area contributed by atoms with Crippen LogP contribution in [-0.4, -0.2) is 60.0 Å². The summed E-state index contributed by atoms with van der Waals surface area (Å²) in [5, 5.41) is 11.1. The summed E-state index contributed by atoms with van der Waals surface area (Å²) in [6.45, 7) is 0.129. The fraction of sp³-hybridized carbons (Fsp3) is 0.667. The van der Waals surface area contributed by atoms with Crippen LogP contribution < -0.4 is 5.32 Å². The van der Waals surface area contributed by atoms with Crippen LogP contribution in [0.4, 0.5) is 0 Å². The summed E-state index contributed by atoms with van der Waals surface area (Å²) in [7, 11) is 1.36. The molecule has 0 radical (unpaired) electrons. The SMILES string of the molecule is COC(CNC(=O)CCN1C(=O)CCC1=O)CC(=O)O. The first-order chi connectivity index (χ1) is 9.43. The zero-order valence-corrected chi connectivity index (χ0v) is 11.3. The number of rotatable bonds is 8. The molecule has 1 rings (SSSR count). The van der Waals surface area contributed by atoms with Gasteiger partial charge >= 0.3 is 5.97 Å². The van der Waals surface area contributed by atoms with Gasteiger partial charge in [-0.1, -0.05) is 0 Å². The van der Waals surface area contributed by atoms with Crippen LogP contribution in [0.5, 0.6) is 0 Å². The number of hydrogen-bond acceptors (Lipinski definition) is 5. The van der Waals surface area contributed by atoms with Gasteiger partial charge in [-0.25, -0.2) is 0 Å². The molecule has 0 spiro atoms. The van der Waals surface area contributed by atoms with Crippen LogP contribution in [0.15, 0.2) is 0 Å². The largest absolute Gasteiger partial charge is 0.481 e. The minimum absolute atomic E-state index is 0.000978. The van der Waals surface area contributed by atoms with Crippen molar-refractivity contribution in [1.82, 2.24) is 10.2 Å². The van der Waals surface area contributed by atoms with Crippen LogP contribution in [0.2, 0.25) is 0 Å². The Hall–Kier alpha value is -1.96. The number of aliphatic carboxylic acids is 1. The lowest BCUT2D eigenvalue weighted by Gasteiger charge is -2.16. The quantitative estimate of drug-likeness (QED) is 0.561. The molecule has 112 valence electrons. The molecule has 1 saturated heterocycles. The van der Waals surface area contributed by atoms with Crippen molar-refractivity contribution in [2.75, 3.05) is 20.2 Å². The molecule has 20 heavy (non-hydrogen) atoms. The molecule has 0 aliphatic carbocycles. The summed E-state index contributed by atoms with van der Waals surface area (Å²) in [5.41, 5.74) is 0. The van der Waals surface area contributed by atoms with Gasteiger partial charge in [0.2, 0.25) is 17.7 Å². The van der Waals surface area contributed by atoms with E-state index in [0.29, 0.717) is 0 Å². The van der Waals surface area contributed by atoms with Crippen LogP contribution in [0.25, 0.3) is 0 Å². The third-order valence-electron chi connectivity index (χ3n) is 2.98. The number of carbonyl (C=O) groups is 4. The van der Waals surface area contributed by atoms with E-state index >= 15 is 0 Å². The van der Waals surface area contributed by atoms with Crippen LogP contribution >= 0.6 is 0 Å². The third kappa shape index (κ3) is 4.96. The van der Waals surface area contributed by atoms with E-state index in [2.05, 4.69) is 5.32 Å². The van der Waals surface area contributed by atoms with E-state index in [1.165, 1.54) is 7.11 Å². The second-order valence-corrected chi connectivity index (χ2v) is 4.45. The average Bonchev–Trinajstić information content (AvgIpc) is 2.71. The average molecular weight is 286 g/mol. The lowest BCUT2D eigenvalue weighted by Crippen LogP contribution is -2.37. The molecular formula is C12H18N2O6. The number of nitrogens with one attached hydrogen (secondary N) is 1. The van der Waals surface area contributed by atoms with Crippen molar-refractivity contribution >= 4 is 23.7 Å². The molecule has 0 aromatic rings. The molecule has 2 N–H and O–H groups in total. The second-order valence-electron chi connectivity index (χ2n) is 4.45. The van der Waals surface area contributed by atoms with Gasteiger partial charge in [-0.2, -0.15) is 0 Å². The topological polar surface area (TPSA) is 113 Å². The Morgan fingerprint density at radius 3 is 2.45 bits per heavy atom. The van der Waals surface area contributed by atoms with Gasteiger partial charge in [0, 0.05) is 39.5 Å². The van der Waals surface area contributed by atoms with Crippen molar-refractivity contribution in [3.63, 3.8) is 0 Å². The minimum Gasteiger partial charge on any atom is -0.481 e. The number of carboxylic acids is 1. The summed E-state index contributed by atoms with van der Waals surface area (Å²) < 4.78 is 4.91. The highest BCUT2D eigenvalue weighted by molar-refractivity contribution is 6.02. The smallest absolute Gasteiger partial charge is 0.306 e. The Morgan fingerprint density at radius 1 is 1.35 bits per heavy atom. The summed E-state index contributed by atoms with van der Waals surface area (Å²) >= 11 is 0. The lowest BCUT2D eigenvalue weighted by atomic mass is 10.2. The van der Waals surface area contributed by atoms with Gasteiger partial charge in [-0.15, -0.1) is 0 Å². The van der Waals surface area contributed by atoms with E-state index in [0.717, 1.165) is 4.90 Å². The normalized spacial score (nSPS) is 16.4. The number of nitrogens with zero attached hydrogens (tertiary/aromatic N) is 1. The molecule has 3 amide bonds. The Labute approximate surface area is 116 Å². The molecule has 0 aromatic heterocycles. The third-order valence-corrected chi connectivity index (χ3v) is 2.98. The second kappa shape index (κ2) is 7.59. The van der Waals surface area contributed by atoms with Crippen molar-refractivity contribution in [3.8, 4) is 0 Å². The zero-order valence-electron chi connectivity index (χ0n) is 11.3. The molecule has 0 saturated carbocycles. The lowest BCUT2D eigenvalue weighted by molar-refractivity contribution is -0.141. The van der Waals surface area contributed by atoms with Crippen LogP contribution in [0, 0.1) is 0 Å². The molecular weight excluding hydrogens is 268 g/mol. The Kier molecular flexibility index (Phi) is 6.10. The van der Waals surface area contributed by atoms with Crippen molar-refractivity contribution < 1.29 is 29.0 Å². The van der Waals surface area contributed by atoms with Gasteiger partial charge in [0.1, 0.15) is 0 Å². The molecule has 8 heteroatoms. The van der Waals surface area contributed by atoms with Crippen molar-refractivity contribution in [2.45, 2.75) is 31.8 Å². The highest BCUT2D eigenvalue weighted by Gasteiger charge is 2.28. The summed E-state index contributed by atoms with van der Waals surface area (Å²) in [5.74, 6) is -1.89. The van der Waals surface area contributed by atoms with Crippen LogP contribution in [-0.2, 0) is 23.9 Å². The fourth-order valence-electron chi connectivity index (χ4n) is 1.84. The highest BCUT2D eigenvalue weighted by Crippen LogP contribution is 2.11. The van der Waals surface area contributed by atoms with E-state index in [1.807, 2.05) is 0 Å². The maximum atomic E-state index is 11.6. The summed E-state index contributed by atoms with van der Waals surface area (Å²) in [4.78, 5) is 45.8. The zero-order chi connectivity index (χ0) is 15.1. The molecule has 1 aliphatic heterocycles. The minimum atomic E-state index is -1.01. The number of hydrogen-bond donors (Lipinski definition) is 2.